The Balaban J connectivity index is 2.00. The number of esters is 1. The van der Waals surface area contributed by atoms with Gasteiger partial charge in [-0.3, -0.25) is 0 Å². The topological polar surface area (TPSA) is 67.3 Å². The van der Waals surface area contributed by atoms with E-state index in [2.05, 4.69) is 20.2 Å². The van der Waals surface area contributed by atoms with Crippen molar-refractivity contribution < 1.29 is 9.53 Å². The monoisotopic (exact) mass is 276 g/mol. The van der Waals surface area contributed by atoms with Crippen LogP contribution < -0.4 is 10.2 Å². The minimum atomic E-state index is -0.338. The molecule has 0 saturated carbocycles. The number of hydrogen-bond acceptors (Lipinski definition) is 6. The summed E-state index contributed by atoms with van der Waals surface area (Å²) in [7, 11) is 0. The van der Waals surface area contributed by atoms with Crippen molar-refractivity contribution in [1.29, 1.82) is 0 Å². The molecular formula is C14H20N4O2. The zero-order chi connectivity index (χ0) is 13.9. The fourth-order valence-corrected chi connectivity index (χ4v) is 2.76. The Kier molecular flexibility index (Phi) is 3.82. The maximum absolute atomic E-state index is 12.1. The van der Waals surface area contributed by atoms with Gasteiger partial charge in [-0.2, -0.15) is 0 Å². The van der Waals surface area contributed by atoms with Gasteiger partial charge < -0.3 is 15.0 Å². The number of carbonyl (C=O) groups is 1. The molecule has 3 rings (SSSR count). The summed E-state index contributed by atoms with van der Waals surface area (Å²) < 4.78 is 5.14. The van der Waals surface area contributed by atoms with E-state index in [1.807, 2.05) is 6.92 Å². The van der Waals surface area contributed by atoms with Gasteiger partial charge in [0.25, 0.3) is 0 Å². The van der Waals surface area contributed by atoms with Gasteiger partial charge in [0.05, 0.1) is 12.3 Å². The van der Waals surface area contributed by atoms with Crippen molar-refractivity contribution in [1.82, 2.24) is 15.3 Å². The Morgan fingerprint density at radius 3 is 2.90 bits per heavy atom. The fraction of sp³-hybridized carbons (Fsp3) is 0.643. The third-order valence-electron chi connectivity index (χ3n) is 3.78. The van der Waals surface area contributed by atoms with Crippen molar-refractivity contribution in [2.24, 2.45) is 0 Å². The molecule has 0 bridgehead atoms. The molecule has 6 nitrogen and oxygen atoms in total. The molecule has 1 aromatic heterocycles. The van der Waals surface area contributed by atoms with E-state index in [-0.39, 0.29) is 5.97 Å². The van der Waals surface area contributed by atoms with E-state index >= 15 is 0 Å². The van der Waals surface area contributed by atoms with Crippen molar-refractivity contribution in [2.45, 2.75) is 32.7 Å². The van der Waals surface area contributed by atoms with Crippen molar-refractivity contribution in [3.05, 3.63) is 17.0 Å². The summed E-state index contributed by atoms with van der Waals surface area (Å²) in [6.45, 7) is 5.66. The largest absolute Gasteiger partial charge is 0.461 e. The number of nitrogens with one attached hydrogen (secondary N) is 1. The number of nitrogens with zero attached hydrogens (tertiary/aromatic N) is 3. The van der Waals surface area contributed by atoms with E-state index in [0.29, 0.717) is 24.8 Å². The Morgan fingerprint density at radius 2 is 2.15 bits per heavy atom. The van der Waals surface area contributed by atoms with E-state index in [1.54, 1.807) is 0 Å². The zero-order valence-corrected chi connectivity index (χ0v) is 11.8. The van der Waals surface area contributed by atoms with E-state index in [1.165, 1.54) is 0 Å². The molecule has 0 amide bonds. The molecule has 20 heavy (non-hydrogen) atoms. The number of hydrogen-bond donors (Lipinski definition) is 1. The van der Waals surface area contributed by atoms with E-state index in [9.17, 15) is 4.79 Å². The van der Waals surface area contributed by atoms with Gasteiger partial charge in [-0.1, -0.05) is 0 Å². The van der Waals surface area contributed by atoms with Gasteiger partial charge in [0.1, 0.15) is 0 Å². The van der Waals surface area contributed by atoms with Crippen LogP contribution in [0.15, 0.2) is 0 Å². The van der Waals surface area contributed by atoms with Gasteiger partial charge in [0, 0.05) is 38.2 Å². The summed E-state index contributed by atoms with van der Waals surface area (Å²) in [5.41, 5.74) is 2.33. The molecule has 0 atom stereocenters. The predicted molar refractivity (Wildman–Crippen MR) is 74.8 cm³/mol. The van der Waals surface area contributed by atoms with Crippen LogP contribution >= 0.6 is 0 Å². The third-order valence-corrected chi connectivity index (χ3v) is 3.78. The molecule has 1 fully saturated rings. The van der Waals surface area contributed by atoms with Crippen LogP contribution in [0.2, 0.25) is 0 Å². The molecule has 3 heterocycles. The predicted octanol–water partition coefficient (Wildman–Crippen LogP) is 0.899. The minimum Gasteiger partial charge on any atom is -0.461 e. The maximum atomic E-state index is 12.1. The summed E-state index contributed by atoms with van der Waals surface area (Å²) in [6.07, 6.45) is 3.17. The summed E-state index contributed by atoms with van der Waals surface area (Å²) in [5, 5.41) is 3.27. The van der Waals surface area contributed by atoms with Crippen LogP contribution in [0.4, 0.5) is 5.95 Å². The number of anilines is 1. The maximum Gasteiger partial charge on any atom is 0.357 e. The van der Waals surface area contributed by atoms with Gasteiger partial charge in [0.15, 0.2) is 5.69 Å². The number of aromatic nitrogens is 2. The van der Waals surface area contributed by atoms with E-state index in [0.717, 1.165) is 50.2 Å². The molecule has 6 heteroatoms. The lowest BCUT2D eigenvalue weighted by Crippen LogP contribution is -2.30. The highest BCUT2D eigenvalue weighted by atomic mass is 16.5. The number of carbonyl (C=O) groups excluding carboxylic acids is 1. The standard InChI is InChI=1S/C14H20N4O2/c1-2-20-13(19)12-10-9-15-6-5-11(10)16-14(17-12)18-7-3-4-8-18/h15H,2-9H2,1H3. The Bertz CT molecular complexity index is 512. The smallest absolute Gasteiger partial charge is 0.357 e. The lowest BCUT2D eigenvalue weighted by Gasteiger charge is -2.22. The first-order chi connectivity index (χ1) is 9.79. The van der Waals surface area contributed by atoms with Crippen molar-refractivity contribution >= 4 is 11.9 Å². The minimum absolute atomic E-state index is 0.338. The quantitative estimate of drug-likeness (QED) is 0.827. The second-order valence-corrected chi connectivity index (χ2v) is 5.14. The number of fused-ring (bicyclic) bond motifs is 1. The van der Waals surface area contributed by atoms with Gasteiger partial charge in [-0.05, 0) is 19.8 Å². The average Bonchev–Trinajstić information content (AvgIpc) is 3.00. The summed E-state index contributed by atoms with van der Waals surface area (Å²) in [6, 6.07) is 0. The number of rotatable bonds is 3. The van der Waals surface area contributed by atoms with E-state index < -0.39 is 0 Å². The molecule has 108 valence electrons. The van der Waals surface area contributed by atoms with Gasteiger partial charge >= 0.3 is 5.97 Å². The lowest BCUT2D eigenvalue weighted by atomic mass is 10.1. The van der Waals surface area contributed by atoms with Gasteiger partial charge in [0.2, 0.25) is 5.95 Å². The molecule has 1 N–H and O–H groups in total. The highest BCUT2D eigenvalue weighted by molar-refractivity contribution is 5.89. The first-order valence-corrected chi connectivity index (χ1v) is 7.32. The molecule has 0 unspecified atom stereocenters. The first-order valence-electron chi connectivity index (χ1n) is 7.32. The van der Waals surface area contributed by atoms with Crippen LogP contribution in [-0.4, -0.2) is 42.2 Å². The van der Waals surface area contributed by atoms with Crippen LogP contribution in [0.3, 0.4) is 0 Å². The molecule has 1 aromatic rings. The van der Waals surface area contributed by atoms with Crippen LogP contribution in [0.25, 0.3) is 0 Å². The van der Waals surface area contributed by atoms with Crippen molar-refractivity contribution in [3.8, 4) is 0 Å². The lowest BCUT2D eigenvalue weighted by molar-refractivity contribution is 0.0517. The summed E-state index contributed by atoms with van der Waals surface area (Å²) in [5.74, 6) is 0.349. The Hall–Kier alpha value is -1.69. The summed E-state index contributed by atoms with van der Waals surface area (Å²) >= 11 is 0. The first kappa shape index (κ1) is 13.3. The molecule has 0 spiro atoms. The molecule has 2 aliphatic rings. The SMILES string of the molecule is CCOC(=O)c1nc(N2CCCC2)nc2c1CNCC2. The molecule has 0 radical (unpaired) electrons. The van der Waals surface area contributed by atoms with Gasteiger partial charge in [-0.25, -0.2) is 14.8 Å². The highest BCUT2D eigenvalue weighted by Gasteiger charge is 2.25. The highest BCUT2D eigenvalue weighted by Crippen LogP contribution is 2.22. The fourth-order valence-electron chi connectivity index (χ4n) is 2.76. The normalized spacial score (nSPS) is 17.9. The summed E-state index contributed by atoms with van der Waals surface area (Å²) in [4.78, 5) is 23.4. The van der Waals surface area contributed by atoms with Crippen molar-refractivity contribution in [2.75, 3.05) is 31.1 Å². The second kappa shape index (κ2) is 5.75. The molecular weight excluding hydrogens is 256 g/mol. The zero-order valence-electron chi connectivity index (χ0n) is 11.8. The van der Waals surface area contributed by atoms with Crippen molar-refractivity contribution in [3.63, 3.8) is 0 Å². The van der Waals surface area contributed by atoms with Crippen LogP contribution in [0, 0.1) is 0 Å². The Morgan fingerprint density at radius 1 is 1.35 bits per heavy atom. The van der Waals surface area contributed by atoms with Crippen LogP contribution in [0.5, 0.6) is 0 Å². The number of ether oxygens (including phenoxy) is 1. The average molecular weight is 276 g/mol. The second-order valence-electron chi connectivity index (χ2n) is 5.14. The third kappa shape index (κ3) is 2.47. The molecule has 0 aromatic carbocycles. The van der Waals surface area contributed by atoms with E-state index in [4.69, 9.17) is 4.74 Å². The molecule has 0 aliphatic carbocycles. The van der Waals surface area contributed by atoms with Crippen LogP contribution in [-0.2, 0) is 17.7 Å². The molecule has 2 aliphatic heterocycles. The Labute approximate surface area is 118 Å². The van der Waals surface area contributed by atoms with Gasteiger partial charge in [-0.15, -0.1) is 0 Å². The molecule has 1 saturated heterocycles. The van der Waals surface area contributed by atoms with Crippen LogP contribution in [0.1, 0.15) is 41.5 Å².